The van der Waals surface area contributed by atoms with Gasteiger partial charge in [-0.15, -0.1) is 0 Å². The third kappa shape index (κ3) is 3.78. The molecule has 5 rings (SSSR count). The number of hydrogen-bond acceptors (Lipinski definition) is 3. The first kappa shape index (κ1) is 20.0. The van der Waals surface area contributed by atoms with Crippen LogP contribution >= 0.6 is 11.6 Å². The monoisotopic (exact) mass is 424 g/mol. The SMILES string of the molecule is CC[C@H](C(=O)NC12CC3CC(CC(C3)C1)C2)N(c1cccc(Cl)c1)S(C)(=O)=O. The number of sulfonamides is 1. The third-order valence-electron chi connectivity index (χ3n) is 6.82. The molecular formula is C21H29ClN2O3S. The van der Waals surface area contributed by atoms with Gasteiger partial charge in [0.2, 0.25) is 15.9 Å². The standard InChI is InChI=1S/C21H29ClN2O3S/c1-3-19(24(28(2,26)27)18-6-4-5-17(22)10-18)20(25)23-21-11-14-7-15(12-21)9-16(8-14)13-21/h4-6,10,14-16,19H,3,7-9,11-13H2,1-2H3,(H,23,25)/t14?,15?,16?,19-,21?/m1/s1. The molecule has 28 heavy (non-hydrogen) atoms. The summed E-state index contributed by atoms with van der Waals surface area (Å²) in [4.78, 5) is 13.4. The van der Waals surface area contributed by atoms with Crippen molar-refractivity contribution in [3.63, 3.8) is 0 Å². The summed E-state index contributed by atoms with van der Waals surface area (Å²) in [6, 6.07) is 5.92. The van der Waals surface area contributed by atoms with Gasteiger partial charge in [0, 0.05) is 10.6 Å². The van der Waals surface area contributed by atoms with E-state index in [0.29, 0.717) is 34.9 Å². The predicted molar refractivity (Wildman–Crippen MR) is 112 cm³/mol. The summed E-state index contributed by atoms with van der Waals surface area (Å²) >= 11 is 6.09. The van der Waals surface area contributed by atoms with Crippen molar-refractivity contribution in [2.75, 3.05) is 10.6 Å². The average Bonchev–Trinajstić information content (AvgIpc) is 2.56. The van der Waals surface area contributed by atoms with Crippen LogP contribution in [0, 0.1) is 17.8 Å². The van der Waals surface area contributed by atoms with Crippen molar-refractivity contribution < 1.29 is 13.2 Å². The molecule has 1 atom stereocenters. The summed E-state index contributed by atoms with van der Waals surface area (Å²) in [6.45, 7) is 1.85. The molecule has 4 fully saturated rings. The smallest absolute Gasteiger partial charge is 0.244 e. The molecule has 7 heteroatoms. The van der Waals surface area contributed by atoms with Crippen molar-refractivity contribution in [3.8, 4) is 0 Å². The van der Waals surface area contributed by atoms with Crippen molar-refractivity contribution in [1.82, 2.24) is 5.32 Å². The van der Waals surface area contributed by atoms with Gasteiger partial charge in [0.15, 0.2) is 0 Å². The molecule has 4 aliphatic carbocycles. The van der Waals surface area contributed by atoms with Crippen LogP contribution in [-0.4, -0.2) is 32.2 Å². The lowest BCUT2D eigenvalue weighted by Gasteiger charge is -2.57. The zero-order valence-corrected chi connectivity index (χ0v) is 18.1. The van der Waals surface area contributed by atoms with E-state index in [1.165, 1.54) is 23.6 Å². The fourth-order valence-electron chi connectivity index (χ4n) is 6.28. The molecule has 0 saturated heterocycles. The van der Waals surface area contributed by atoms with E-state index >= 15 is 0 Å². The Morgan fingerprint density at radius 3 is 2.25 bits per heavy atom. The first-order chi connectivity index (χ1) is 13.2. The summed E-state index contributed by atoms with van der Waals surface area (Å²) in [5.74, 6) is 1.96. The fraction of sp³-hybridized carbons (Fsp3) is 0.667. The molecule has 4 bridgehead atoms. The number of nitrogens with zero attached hydrogens (tertiary/aromatic N) is 1. The molecule has 4 saturated carbocycles. The molecule has 154 valence electrons. The maximum Gasteiger partial charge on any atom is 0.244 e. The van der Waals surface area contributed by atoms with Gasteiger partial charge in [-0.05, 0) is 80.9 Å². The van der Waals surface area contributed by atoms with E-state index in [1.807, 2.05) is 6.92 Å². The van der Waals surface area contributed by atoms with E-state index in [-0.39, 0.29) is 11.4 Å². The molecule has 1 N–H and O–H groups in total. The maximum absolute atomic E-state index is 13.4. The molecule has 1 aromatic carbocycles. The van der Waals surface area contributed by atoms with Gasteiger partial charge in [-0.1, -0.05) is 24.6 Å². The molecule has 5 nitrogen and oxygen atoms in total. The normalized spacial score (nSPS) is 32.2. The van der Waals surface area contributed by atoms with Crippen LogP contribution in [0.5, 0.6) is 0 Å². The van der Waals surface area contributed by atoms with Crippen LogP contribution in [0.25, 0.3) is 0 Å². The van der Waals surface area contributed by atoms with E-state index in [2.05, 4.69) is 5.32 Å². The third-order valence-corrected chi connectivity index (χ3v) is 8.23. The number of carbonyl (C=O) groups excluding carboxylic acids is 1. The van der Waals surface area contributed by atoms with Crippen molar-refractivity contribution in [3.05, 3.63) is 29.3 Å². The van der Waals surface area contributed by atoms with Gasteiger partial charge < -0.3 is 5.32 Å². The van der Waals surface area contributed by atoms with Gasteiger partial charge in [0.25, 0.3) is 0 Å². The van der Waals surface area contributed by atoms with Gasteiger partial charge in [0.05, 0.1) is 11.9 Å². The number of hydrogen-bond donors (Lipinski definition) is 1. The lowest BCUT2D eigenvalue weighted by atomic mass is 9.53. The Labute approximate surface area is 172 Å². The number of anilines is 1. The number of carbonyl (C=O) groups is 1. The zero-order valence-electron chi connectivity index (χ0n) is 16.5. The molecule has 4 aliphatic rings. The topological polar surface area (TPSA) is 66.5 Å². The molecule has 0 unspecified atom stereocenters. The van der Waals surface area contributed by atoms with Gasteiger partial charge in [0.1, 0.15) is 6.04 Å². The van der Waals surface area contributed by atoms with Gasteiger partial charge in [-0.25, -0.2) is 8.42 Å². The molecule has 0 aromatic heterocycles. The van der Waals surface area contributed by atoms with Crippen LogP contribution in [0.2, 0.25) is 5.02 Å². The van der Waals surface area contributed by atoms with Crippen molar-refractivity contribution in [1.29, 1.82) is 0 Å². The number of rotatable bonds is 6. The summed E-state index contributed by atoms with van der Waals surface area (Å²) in [6.07, 6.45) is 8.55. The van der Waals surface area contributed by atoms with Crippen LogP contribution < -0.4 is 9.62 Å². The second kappa shape index (κ2) is 7.21. The second-order valence-corrected chi connectivity index (χ2v) is 11.4. The highest BCUT2D eigenvalue weighted by Gasteiger charge is 2.52. The van der Waals surface area contributed by atoms with Gasteiger partial charge in [-0.3, -0.25) is 9.10 Å². The van der Waals surface area contributed by atoms with E-state index in [0.717, 1.165) is 25.5 Å². The lowest BCUT2D eigenvalue weighted by Crippen LogP contribution is -2.63. The van der Waals surface area contributed by atoms with E-state index < -0.39 is 16.1 Å². The summed E-state index contributed by atoms with van der Waals surface area (Å²) < 4.78 is 26.5. The summed E-state index contributed by atoms with van der Waals surface area (Å²) in [5.41, 5.74) is 0.291. The Morgan fingerprint density at radius 2 is 1.79 bits per heavy atom. The largest absolute Gasteiger partial charge is 0.349 e. The highest BCUT2D eigenvalue weighted by molar-refractivity contribution is 7.92. The molecule has 0 spiro atoms. The predicted octanol–water partition coefficient (Wildman–Crippen LogP) is 3.97. The second-order valence-electron chi connectivity index (χ2n) is 9.15. The molecule has 0 aliphatic heterocycles. The Bertz CT molecular complexity index is 835. The van der Waals surface area contributed by atoms with E-state index in [9.17, 15) is 13.2 Å². The number of amides is 1. The molecule has 0 heterocycles. The number of halogens is 1. The lowest BCUT2D eigenvalue weighted by molar-refractivity contribution is -0.128. The van der Waals surface area contributed by atoms with Crippen LogP contribution in [0.15, 0.2) is 24.3 Å². The Balaban J connectivity index is 1.60. The Morgan fingerprint density at radius 1 is 1.21 bits per heavy atom. The van der Waals surface area contributed by atoms with E-state index in [1.54, 1.807) is 24.3 Å². The molecule has 0 radical (unpaired) electrons. The van der Waals surface area contributed by atoms with Crippen molar-refractivity contribution >= 4 is 33.2 Å². The summed E-state index contributed by atoms with van der Waals surface area (Å²) in [7, 11) is -3.64. The minimum atomic E-state index is -3.64. The highest BCUT2D eigenvalue weighted by Crippen LogP contribution is 2.55. The first-order valence-corrected chi connectivity index (χ1v) is 12.5. The quantitative estimate of drug-likeness (QED) is 0.751. The first-order valence-electron chi connectivity index (χ1n) is 10.3. The van der Waals surface area contributed by atoms with Crippen LogP contribution in [0.1, 0.15) is 51.9 Å². The Hall–Kier alpha value is -1.27. The molecular weight excluding hydrogens is 396 g/mol. The van der Waals surface area contributed by atoms with Gasteiger partial charge in [-0.2, -0.15) is 0 Å². The molecule has 1 amide bonds. The van der Waals surface area contributed by atoms with E-state index in [4.69, 9.17) is 11.6 Å². The average molecular weight is 425 g/mol. The molecule has 1 aromatic rings. The minimum Gasteiger partial charge on any atom is -0.349 e. The van der Waals surface area contributed by atoms with Gasteiger partial charge >= 0.3 is 0 Å². The number of benzene rings is 1. The Kier molecular flexibility index (Phi) is 5.15. The van der Waals surface area contributed by atoms with Crippen LogP contribution in [-0.2, 0) is 14.8 Å². The van der Waals surface area contributed by atoms with Crippen molar-refractivity contribution in [2.24, 2.45) is 17.8 Å². The van der Waals surface area contributed by atoms with Crippen molar-refractivity contribution in [2.45, 2.75) is 63.5 Å². The fourth-order valence-corrected chi connectivity index (χ4v) is 7.67. The maximum atomic E-state index is 13.4. The highest BCUT2D eigenvalue weighted by atomic mass is 35.5. The minimum absolute atomic E-state index is 0.142. The van der Waals surface area contributed by atoms with Crippen LogP contribution in [0.4, 0.5) is 5.69 Å². The van der Waals surface area contributed by atoms with Crippen LogP contribution in [0.3, 0.4) is 0 Å². The summed E-state index contributed by atoms with van der Waals surface area (Å²) in [5, 5.41) is 3.78. The zero-order chi connectivity index (χ0) is 20.1. The number of nitrogens with one attached hydrogen (secondary N) is 1.